The van der Waals surface area contributed by atoms with Crippen molar-refractivity contribution in [1.82, 2.24) is 19.9 Å². The number of amides is 1. The van der Waals surface area contributed by atoms with Gasteiger partial charge in [-0.25, -0.2) is 9.97 Å². The molecule has 0 aromatic carbocycles. The van der Waals surface area contributed by atoms with Crippen molar-refractivity contribution in [3.8, 4) is 0 Å². The van der Waals surface area contributed by atoms with Gasteiger partial charge in [0.05, 0.1) is 12.3 Å². The van der Waals surface area contributed by atoms with E-state index in [1.54, 1.807) is 4.90 Å². The molecule has 1 aromatic rings. The number of aromatic nitrogens is 3. The van der Waals surface area contributed by atoms with Gasteiger partial charge in [0.15, 0.2) is 0 Å². The highest BCUT2D eigenvalue weighted by molar-refractivity contribution is 6.53. The van der Waals surface area contributed by atoms with Crippen LogP contribution in [0.25, 0.3) is 0 Å². The molecule has 2 atom stereocenters. The second-order valence-electron chi connectivity index (χ2n) is 12.4. The van der Waals surface area contributed by atoms with E-state index >= 15 is 0 Å². The molecule has 234 valence electrons. The Kier molecular flexibility index (Phi) is 18.0. The van der Waals surface area contributed by atoms with Crippen LogP contribution in [-0.2, 0) is 4.79 Å². The molecule has 2 heterocycles. The first-order valence-corrected chi connectivity index (χ1v) is 17.1. The fourth-order valence-electron chi connectivity index (χ4n) is 6.08. The van der Waals surface area contributed by atoms with Crippen LogP contribution in [0.5, 0.6) is 0 Å². The molecule has 0 spiro atoms. The second-order valence-corrected chi connectivity index (χ2v) is 12.4. The van der Waals surface area contributed by atoms with E-state index in [1.807, 2.05) is 7.05 Å². The van der Waals surface area contributed by atoms with Gasteiger partial charge >= 0.3 is 0 Å². The molecule has 0 saturated carbocycles. The van der Waals surface area contributed by atoms with Crippen LogP contribution in [0.4, 0.5) is 11.9 Å². The van der Waals surface area contributed by atoms with Crippen molar-refractivity contribution in [1.29, 1.82) is 0 Å². The Morgan fingerprint density at radius 1 is 0.805 bits per heavy atom. The lowest BCUT2D eigenvalue weighted by atomic mass is 9.60. The highest BCUT2D eigenvalue weighted by atomic mass is 16.1. The molecular formula is C32H62BN7O. The molecule has 0 aliphatic carbocycles. The van der Waals surface area contributed by atoms with Crippen LogP contribution >= 0.6 is 0 Å². The predicted octanol–water partition coefficient (Wildman–Crippen LogP) is 5.46. The van der Waals surface area contributed by atoms with Gasteiger partial charge in [0.1, 0.15) is 0 Å². The zero-order valence-corrected chi connectivity index (χ0v) is 27.4. The third-order valence-electron chi connectivity index (χ3n) is 8.80. The number of unbranched alkanes of at least 4 members (excludes halogenated alkanes) is 9. The molecule has 1 fully saturated rings. The van der Waals surface area contributed by atoms with Crippen molar-refractivity contribution in [3.63, 3.8) is 0 Å². The van der Waals surface area contributed by atoms with E-state index in [9.17, 15) is 4.79 Å². The molecule has 1 aromatic heterocycles. The molecule has 1 amide bonds. The van der Waals surface area contributed by atoms with Crippen LogP contribution in [0.2, 0.25) is 5.82 Å². The normalized spacial score (nSPS) is 15.6. The van der Waals surface area contributed by atoms with Crippen molar-refractivity contribution in [2.75, 3.05) is 49.6 Å². The molecule has 0 bridgehead atoms. The zero-order valence-electron chi connectivity index (χ0n) is 27.4. The van der Waals surface area contributed by atoms with Crippen LogP contribution < -0.4 is 21.3 Å². The number of hydrogen-bond acceptors (Lipinski definition) is 7. The Morgan fingerprint density at radius 3 is 1.95 bits per heavy atom. The molecule has 2 N–H and O–H groups in total. The second kappa shape index (κ2) is 20.9. The van der Waals surface area contributed by atoms with Gasteiger partial charge in [-0.05, 0) is 12.8 Å². The van der Waals surface area contributed by atoms with E-state index < -0.39 is 0 Å². The van der Waals surface area contributed by atoms with Crippen molar-refractivity contribution in [3.05, 3.63) is 0 Å². The smallest absolute Gasteiger partial charge is 0.237 e. The average Bonchev–Trinajstić information content (AvgIpc) is 2.97. The van der Waals surface area contributed by atoms with E-state index in [0.717, 1.165) is 51.6 Å². The maximum absolute atomic E-state index is 11.7. The lowest BCUT2D eigenvalue weighted by Crippen LogP contribution is -2.51. The molecule has 41 heavy (non-hydrogen) atoms. The van der Waals surface area contributed by atoms with E-state index in [2.05, 4.69) is 37.5 Å². The first kappa shape index (κ1) is 35.3. The zero-order chi connectivity index (χ0) is 29.9. The first-order valence-electron chi connectivity index (χ1n) is 17.1. The van der Waals surface area contributed by atoms with Gasteiger partial charge < -0.3 is 15.5 Å². The minimum absolute atomic E-state index is 0.0995. The largest absolute Gasteiger partial charge is 0.368 e. The highest BCUT2D eigenvalue weighted by Crippen LogP contribution is 2.22. The Bertz CT molecular complexity index is 834. The van der Waals surface area contributed by atoms with Crippen molar-refractivity contribution in [2.45, 2.75) is 142 Å². The molecule has 1 saturated heterocycles. The summed E-state index contributed by atoms with van der Waals surface area (Å²) < 4.78 is 0. The predicted molar refractivity (Wildman–Crippen MR) is 177 cm³/mol. The Hall–Kier alpha value is -1.90. The molecule has 1 aliphatic rings. The number of nitrogens with zero attached hydrogens (tertiary/aromatic N) is 6. The molecule has 8 nitrogen and oxygen atoms in total. The number of piperazine rings is 1. The molecule has 2 rings (SSSR count). The molecule has 1 aliphatic heterocycles. The topological polar surface area (TPSA) is 91.5 Å². The SMILES string of the molecule is CCCCCCCC(CCCCCC)N1CCN(c2nc(BC(CC)CCCCC)nc(N(C)CC(N)=O)n2)CC1. The van der Waals surface area contributed by atoms with Crippen molar-refractivity contribution < 1.29 is 4.79 Å². The maximum Gasteiger partial charge on any atom is 0.237 e. The number of carbonyl (C=O) groups excluding carboxylic acids is 1. The van der Waals surface area contributed by atoms with Crippen LogP contribution in [0, 0.1) is 0 Å². The fraction of sp³-hybridized carbons (Fsp3) is 0.875. The number of primary amides is 1. The lowest BCUT2D eigenvalue weighted by Gasteiger charge is -2.40. The van der Waals surface area contributed by atoms with Crippen LogP contribution in [0.3, 0.4) is 0 Å². The molecule has 2 unspecified atom stereocenters. The van der Waals surface area contributed by atoms with Crippen molar-refractivity contribution >= 4 is 30.8 Å². The summed E-state index contributed by atoms with van der Waals surface area (Å²) >= 11 is 0. The number of rotatable bonds is 23. The maximum atomic E-state index is 11.7. The quantitative estimate of drug-likeness (QED) is 0.138. The third-order valence-corrected chi connectivity index (χ3v) is 8.80. The number of nitrogens with two attached hydrogens (primary N) is 1. The summed E-state index contributed by atoms with van der Waals surface area (Å²) in [5.41, 5.74) is 6.35. The minimum atomic E-state index is -0.379. The van der Waals surface area contributed by atoms with Gasteiger partial charge in [-0.1, -0.05) is 123 Å². The van der Waals surface area contributed by atoms with E-state index in [4.69, 9.17) is 20.7 Å². The molecule has 9 heteroatoms. The minimum Gasteiger partial charge on any atom is -0.368 e. The molecular weight excluding hydrogens is 509 g/mol. The van der Waals surface area contributed by atoms with Gasteiger partial charge in [0, 0.05) is 39.3 Å². The number of likely N-dealkylation sites (N-methyl/N-ethyl adjacent to an activating group) is 1. The first-order chi connectivity index (χ1) is 19.9. The van der Waals surface area contributed by atoms with Crippen molar-refractivity contribution in [2.24, 2.45) is 5.73 Å². The average molecular weight is 572 g/mol. The lowest BCUT2D eigenvalue weighted by molar-refractivity contribution is -0.116. The summed E-state index contributed by atoms with van der Waals surface area (Å²) in [6.07, 6.45) is 20.8. The summed E-state index contributed by atoms with van der Waals surface area (Å²) in [5.74, 6) is 1.49. The van der Waals surface area contributed by atoms with Crippen LogP contribution in [-0.4, -0.2) is 78.9 Å². The van der Waals surface area contributed by atoms with E-state index in [-0.39, 0.29) is 12.5 Å². The van der Waals surface area contributed by atoms with Crippen LogP contribution in [0.15, 0.2) is 0 Å². The third kappa shape index (κ3) is 13.7. The fourth-order valence-corrected chi connectivity index (χ4v) is 6.08. The highest BCUT2D eigenvalue weighted by Gasteiger charge is 2.26. The summed E-state index contributed by atoms with van der Waals surface area (Å²) in [6, 6.07) is 0.690. The van der Waals surface area contributed by atoms with Gasteiger partial charge in [0.2, 0.25) is 25.1 Å². The summed E-state index contributed by atoms with van der Waals surface area (Å²) in [4.78, 5) is 33.1. The van der Waals surface area contributed by atoms with E-state index in [1.165, 1.54) is 96.3 Å². The number of hydrogen-bond donors (Lipinski definition) is 1. The Morgan fingerprint density at radius 2 is 1.37 bits per heavy atom. The van der Waals surface area contributed by atoms with Gasteiger partial charge in [-0.15, -0.1) is 0 Å². The Balaban J connectivity index is 2.11. The molecule has 0 radical (unpaired) electrons. The van der Waals surface area contributed by atoms with Gasteiger partial charge in [-0.2, -0.15) is 4.98 Å². The number of anilines is 2. The Labute approximate surface area is 252 Å². The standard InChI is InChI=1S/C32H62BN7O/c1-6-10-13-15-18-21-28(20-17-14-11-7-2)39-22-24-40(25-23-39)32-36-30(33-27(9-4)19-16-12-8-3)35-31(37-32)38(5)26-29(34)41/h27-28,33H,6-26H2,1-5H3,(H2,34,41). The van der Waals surface area contributed by atoms with Crippen LogP contribution in [0.1, 0.15) is 130 Å². The summed E-state index contributed by atoms with van der Waals surface area (Å²) in [6.45, 7) is 13.2. The van der Waals surface area contributed by atoms with Gasteiger partial charge in [0.25, 0.3) is 0 Å². The number of carbonyl (C=O) groups is 1. The monoisotopic (exact) mass is 572 g/mol. The van der Waals surface area contributed by atoms with E-state index in [0.29, 0.717) is 17.8 Å². The summed E-state index contributed by atoms with van der Waals surface area (Å²) in [5, 5.41) is 0. The summed E-state index contributed by atoms with van der Waals surface area (Å²) in [7, 11) is 2.69. The van der Waals surface area contributed by atoms with Gasteiger partial charge in [-0.3, -0.25) is 9.69 Å².